The molecule has 0 atom stereocenters. The molecule has 1 aromatic carbocycles. The largest absolute Gasteiger partial charge is 0.416 e. The Kier molecular flexibility index (Phi) is 4.33. The lowest BCUT2D eigenvalue weighted by molar-refractivity contribution is -0.137. The standard InChI is InChI=1S/C16H12F3N5O2/c1-9-5-6-12(13(25)22-15-20-8-21-23-15)14(26)24(9)11-4-2-3-10(7-11)16(17,18)19/h2-8H,1H3,(H2,20,21,22,23,25). The van der Waals surface area contributed by atoms with Crippen LogP contribution in [0.15, 0.2) is 47.5 Å². The van der Waals surface area contributed by atoms with Crippen molar-refractivity contribution in [2.24, 2.45) is 0 Å². The monoisotopic (exact) mass is 363 g/mol. The van der Waals surface area contributed by atoms with E-state index in [0.29, 0.717) is 5.69 Å². The van der Waals surface area contributed by atoms with E-state index in [1.807, 2.05) is 0 Å². The molecule has 10 heteroatoms. The molecule has 2 N–H and O–H groups in total. The molecule has 134 valence electrons. The zero-order valence-corrected chi connectivity index (χ0v) is 13.3. The van der Waals surface area contributed by atoms with Gasteiger partial charge >= 0.3 is 6.18 Å². The Morgan fingerprint density at radius 1 is 1.23 bits per heavy atom. The van der Waals surface area contributed by atoms with Gasteiger partial charge in [-0.1, -0.05) is 6.07 Å². The van der Waals surface area contributed by atoms with Crippen molar-refractivity contribution in [1.82, 2.24) is 19.7 Å². The van der Waals surface area contributed by atoms with E-state index in [0.717, 1.165) is 16.7 Å². The van der Waals surface area contributed by atoms with Crippen LogP contribution in [0.3, 0.4) is 0 Å². The van der Waals surface area contributed by atoms with E-state index in [-0.39, 0.29) is 17.2 Å². The zero-order chi connectivity index (χ0) is 18.9. The molecule has 0 bridgehead atoms. The van der Waals surface area contributed by atoms with Crippen LogP contribution in [-0.4, -0.2) is 25.7 Å². The highest BCUT2D eigenvalue weighted by atomic mass is 19.4. The molecule has 0 aliphatic carbocycles. The van der Waals surface area contributed by atoms with Gasteiger partial charge in [-0.3, -0.25) is 19.5 Å². The number of aryl methyl sites for hydroxylation is 1. The van der Waals surface area contributed by atoms with E-state index < -0.39 is 23.2 Å². The molecule has 0 saturated carbocycles. The van der Waals surface area contributed by atoms with E-state index in [2.05, 4.69) is 20.5 Å². The van der Waals surface area contributed by atoms with Gasteiger partial charge in [-0.15, -0.1) is 0 Å². The van der Waals surface area contributed by atoms with Crippen molar-refractivity contribution >= 4 is 11.9 Å². The Bertz CT molecular complexity index is 1010. The summed E-state index contributed by atoms with van der Waals surface area (Å²) in [6.45, 7) is 1.56. The van der Waals surface area contributed by atoms with Crippen molar-refractivity contribution < 1.29 is 18.0 Å². The van der Waals surface area contributed by atoms with E-state index in [1.54, 1.807) is 6.92 Å². The third kappa shape index (κ3) is 3.34. The van der Waals surface area contributed by atoms with Crippen LogP contribution in [0.2, 0.25) is 0 Å². The minimum absolute atomic E-state index is 0.0108. The summed E-state index contributed by atoms with van der Waals surface area (Å²) in [6, 6.07) is 7.09. The van der Waals surface area contributed by atoms with Crippen LogP contribution in [0.25, 0.3) is 5.69 Å². The summed E-state index contributed by atoms with van der Waals surface area (Å²) in [4.78, 5) is 28.7. The fourth-order valence-corrected chi connectivity index (χ4v) is 2.39. The third-order valence-electron chi connectivity index (χ3n) is 3.60. The Labute approximate surface area is 144 Å². The Morgan fingerprint density at radius 3 is 2.65 bits per heavy atom. The van der Waals surface area contributed by atoms with Crippen LogP contribution in [0, 0.1) is 6.92 Å². The summed E-state index contributed by atoms with van der Waals surface area (Å²) < 4.78 is 39.9. The van der Waals surface area contributed by atoms with E-state index >= 15 is 0 Å². The quantitative estimate of drug-likeness (QED) is 0.748. The van der Waals surface area contributed by atoms with Gasteiger partial charge < -0.3 is 0 Å². The number of hydrogen-bond donors (Lipinski definition) is 2. The van der Waals surface area contributed by atoms with Gasteiger partial charge in [0.15, 0.2) is 0 Å². The molecule has 0 saturated heterocycles. The molecule has 2 heterocycles. The molecule has 0 radical (unpaired) electrons. The van der Waals surface area contributed by atoms with Crippen LogP contribution in [0.4, 0.5) is 19.1 Å². The summed E-state index contributed by atoms with van der Waals surface area (Å²) in [5, 5.41) is 8.33. The predicted octanol–water partition coefficient (Wildman–Crippen LogP) is 2.54. The maximum Gasteiger partial charge on any atom is 0.416 e. The van der Waals surface area contributed by atoms with Crippen molar-refractivity contribution in [3.05, 3.63) is 69.9 Å². The fourth-order valence-electron chi connectivity index (χ4n) is 2.39. The first-order chi connectivity index (χ1) is 12.3. The van der Waals surface area contributed by atoms with Gasteiger partial charge in [0, 0.05) is 11.4 Å². The van der Waals surface area contributed by atoms with Gasteiger partial charge in [-0.05, 0) is 37.3 Å². The van der Waals surface area contributed by atoms with Gasteiger partial charge in [-0.2, -0.15) is 23.3 Å². The van der Waals surface area contributed by atoms with Crippen LogP contribution in [0.1, 0.15) is 21.6 Å². The highest BCUT2D eigenvalue weighted by Gasteiger charge is 2.30. The summed E-state index contributed by atoms with van der Waals surface area (Å²) in [5.74, 6) is -0.715. The number of pyridine rings is 1. The zero-order valence-electron chi connectivity index (χ0n) is 13.3. The molecule has 0 aliphatic heterocycles. The molecule has 3 rings (SSSR count). The van der Waals surface area contributed by atoms with E-state index in [4.69, 9.17) is 0 Å². The number of hydrogen-bond acceptors (Lipinski definition) is 4. The third-order valence-corrected chi connectivity index (χ3v) is 3.60. The molecule has 1 amide bonds. The predicted molar refractivity (Wildman–Crippen MR) is 86.1 cm³/mol. The SMILES string of the molecule is Cc1ccc(C(=O)Nc2ncn[nH]2)c(=O)n1-c1cccc(C(F)(F)F)c1. The van der Waals surface area contributed by atoms with E-state index in [9.17, 15) is 22.8 Å². The van der Waals surface area contributed by atoms with Gasteiger partial charge in [-0.25, -0.2) is 5.10 Å². The number of amides is 1. The molecule has 0 aliphatic rings. The summed E-state index contributed by atoms with van der Waals surface area (Å²) >= 11 is 0. The molecule has 0 spiro atoms. The number of anilines is 1. The van der Waals surface area contributed by atoms with Gasteiger partial charge in [0.2, 0.25) is 5.95 Å². The molecular weight excluding hydrogens is 351 g/mol. The fraction of sp³-hybridized carbons (Fsp3) is 0.125. The number of aromatic nitrogens is 4. The maximum absolute atomic E-state index is 12.9. The molecule has 2 aromatic heterocycles. The lowest BCUT2D eigenvalue weighted by Crippen LogP contribution is -2.29. The number of benzene rings is 1. The van der Waals surface area contributed by atoms with E-state index in [1.165, 1.54) is 30.6 Å². The Hall–Kier alpha value is -3.43. The topological polar surface area (TPSA) is 92.7 Å². The molecular formula is C16H12F3N5O2. The van der Waals surface area contributed by atoms with Crippen molar-refractivity contribution in [1.29, 1.82) is 0 Å². The summed E-state index contributed by atoms with van der Waals surface area (Å²) in [5.41, 5.74) is -1.49. The number of alkyl halides is 3. The molecule has 7 nitrogen and oxygen atoms in total. The highest BCUT2D eigenvalue weighted by molar-refractivity contribution is 6.03. The number of nitrogens with one attached hydrogen (secondary N) is 2. The van der Waals surface area contributed by atoms with Crippen LogP contribution < -0.4 is 10.9 Å². The second-order valence-corrected chi connectivity index (χ2v) is 5.37. The molecule has 0 fully saturated rings. The van der Waals surface area contributed by atoms with Gasteiger partial charge in [0.1, 0.15) is 11.9 Å². The first kappa shape index (κ1) is 17.4. The Balaban J connectivity index is 2.06. The molecule has 26 heavy (non-hydrogen) atoms. The maximum atomic E-state index is 12.9. The van der Waals surface area contributed by atoms with Crippen molar-refractivity contribution in [3.8, 4) is 5.69 Å². The summed E-state index contributed by atoms with van der Waals surface area (Å²) in [7, 11) is 0. The lowest BCUT2D eigenvalue weighted by Gasteiger charge is -2.14. The number of aromatic amines is 1. The van der Waals surface area contributed by atoms with Crippen LogP contribution in [-0.2, 0) is 6.18 Å². The number of rotatable bonds is 3. The van der Waals surface area contributed by atoms with Crippen LogP contribution >= 0.6 is 0 Å². The first-order valence-corrected chi connectivity index (χ1v) is 7.34. The van der Waals surface area contributed by atoms with Gasteiger partial charge in [0.25, 0.3) is 11.5 Å². The average molecular weight is 363 g/mol. The number of halogens is 3. The number of nitrogens with zero attached hydrogens (tertiary/aromatic N) is 3. The smallest absolute Gasteiger partial charge is 0.291 e. The lowest BCUT2D eigenvalue weighted by atomic mass is 10.1. The number of carbonyl (C=O) groups is 1. The highest BCUT2D eigenvalue weighted by Crippen LogP contribution is 2.30. The second-order valence-electron chi connectivity index (χ2n) is 5.37. The van der Waals surface area contributed by atoms with Crippen molar-refractivity contribution in [3.63, 3.8) is 0 Å². The number of carbonyl (C=O) groups excluding carboxylic acids is 1. The second kappa shape index (κ2) is 6.47. The normalized spacial score (nSPS) is 11.4. The molecule has 0 unspecified atom stereocenters. The minimum atomic E-state index is -4.55. The summed E-state index contributed by atoms with van der Waals surface area (Å²) in [6.07, 6.45) is -3.37. The first-order valence-electron chi connectivity index (χ1n) is 7.34. The Morgan fingerprint density at radius 2 is 2.00 bits per heavy atom. The number of H-pyrrole nitrogens is 1. The van der Waals surface area contributed by atoms with Crippen LogP contribution in [0.5, 0.6) is 0 Å². The molecule has 3 aromatic rings. The van der Waals surface area contributed by atoms with Gasteiger partial charge in [0.05, 0.1) is 5.56 Å². The van der Waals surface area contributed by atoms with Crippen molar-refractivity contribution in [2.45, 2.75) is 13.1 Å². The minimum Gasteiger partial charge on any atom is -0.291 e. The van der Waals surface area contributed by atoms with Crippen molar-refractivity contribution in [2.75, 3.05) is 5.32 Å². The average Bonchev–Trinajstić information content (AvgIpc) is 3.07.